The van der Waals surface area contributed by atoms with Crippen molar-refractivity contribution < 1.29 is 33.7 Å². The van der Waals surface area contributed by atoms with Crippen molar-refractivity contribution in [1.82, 2.24) is 19.5 Å². The molecule has 4 rings (SSSR count). The molecule has 2 fully saturated rings. The predicted octanol–water partition coefficient (Wildman–Crippen LogP) is 1.73. The van der Waals surface area contributed by atoms with E-state index >= 15 is 0 Å². The Kier molecular flexibility index (Phi) is 6.38. The first-order chi connectivity index (χ1) is 14.8. The van der Waals surface area contributed by atoms with Crippen molar-refractivity contribution in [2.45, 2.75) is 50.2 Å². The van der Waals surface area contributed by atoms with E-state index in [1.165, 1.54) is 10.9 Å². The van der Waals surface area contributed by atoms with Crippen molar-refractivity contribution in [3.8, 4) is 0 Å². The van der Waals surface area contributed by atoms with Crippen LogP contribution < -0.4 is 5.32 Å². The third-order valence-electron chi connectivity index (χ3n) is 5.25. The van der Waals surface area contributed by atoms with Crippen LogP contribution in [0.5, 0.6) is 0 Å². The van der Waals surface area contributed by atoms with E-state index in [1.807, 2.05) is 0 Å². The molecule has 0 spiro atoms. The molecule has 4 N–H and O–H groups in total. The highest BCUT2D eigenvalue weighted by molar-refractivity contribution is 7.52. The van der Waals surface area contributed by atoms with Crippen LogP contribution in [0.2, 0.25) is 5.28 Å². The molecule has 31 heavy (non-hydrogen) atoms. The van der Waals surface area contributed by atoms with Crippen LogP contribution in [0.1, 0.15) is 31.9 Å². The fourth-order valence-electron chi connectivity index (χ4n) is 3.63. The molecule has 1 aliphatic heterocycles. The molecule has 12 nitrogen and oxygen atoms in total. The second kappa shape index (κ2) is 8.89. The number of fused-ring (bicyclic) bond motifs is 1. The first-order valence-electron chi connectivity index (χ1n) is 9.67. The standard InChI is InChI=1S/C17H23ClN5O7P/c1-28-31(26,27)8-29-6-10-12(24)13(25)16(30-10)23-7-19-11-14(20-9-4-2-3-5-9)21-17(18)22-15(11)23/h6-7,9,12-13,16,24-25H,2-5,8H2,1H3,(H,26,27)(H,20,21,22)/t12-,13-,16-/m1/s1. The van der Waals surface area contributed by atoms with Crippen LogP contribution in [-0.4, -0.2) is 66.3 Å². The highest BCUT2D eigenvalue weighted by atomic mass is 35.5. The number of ether oxygens (including phenoxy) is 2. The minimum Gasteiger partial charge on any atom is -0.485 e. The van der Waals surface area contributed by atoms with Crippen LogP contribution in [0.3, 0.4) is 0 Å². The van der Waals surface area contributed by atoms with Crippen molar-refractivity contribution in [3.63, 3.8) is 0 Å². The van der Waals surface area contributed by atoms with Gasteiger partial charge in [0.05, 0.1) is 0 Å². The molecule has 0 aromatic carbocycles. The lowest BCUT2D eigenvalue weighted by atomic mass is 10.2. The molecule has 1 aliphatic carbocycles. The molecule has 0 bridgehead atoms. The predicted molar refractivity (Wildman–Crippen MR) is 109 cm³/mol. The molecule has 1 unspecified atom stereocenters. The molecule has 0 radical (unpaired) electrons. The Morgan fingerprint density at radius 1 is 1.39 bits per heavy atom. The summed E-state index contributed by atoms with van der Waals surface area (Å²) in [5, 5.41) is 24.1. The van der Waals surface area contributed by atoms with E-state index in [2.05, 4.69) is 24.8 Å². The van der Waals surface area contributed by atoms with E-state index in [0.717, 1.165) is 39.1 Å². The Bertz CT molecular complexity index is 1030. The number of aliphatic hydroxyl groups is 2. The third kappa shape index (κ3) is 4.64. The van der Waals surface area contributed by atoms with Crippen molar-refractivity contribution in [3.05, 3.63) is 23.6 Å². The molecule has 3 heterocycles. The SMILES string of the molecule is COP(=O)(O)COC=C1O[C@@H](n2cnc3c(NC4CCCC4)nc(Cl)nc32)[C@H](O)[C@@H]1O. The number of nitrogens with zero attached hydrogens (tertiary/aromatic N) is 4. The summed E-state index contributed by atoms with van der Waals surface area (Å²) < 4.78 is 27.9. The molecule has 2 aromatic heterocycles. The van der Waals surface area contributed by atoms with Crippen molar-refractivity contribution in [2.75, 3.05) is 18.8 Å². The number of anilines is 1. The van der Waals surface area contributed by atoms with Crippen molar-refractivity contribution >= 4 is 36.2 Å². The monoisotopic (exact) mass is 475 g/mol. The molecule has 14 heteroatoms. The van der Waals surface area contributed by atoms with Gasteiger partial charge in [-0.1, -0.05) is 12.8 Å². The Balaban J connectivity index is 1.58. The normalized spacial score (nSPS) is 27.5. The Morgan fingerprint density at radius 3 is 2.84 bits per heavy atom. The van der Waals surface area contributed by atoms with Gasteiger partial charge in [0.15, 0.2) is 29.1 Å². The van der Waals surface area contributed by atoms with Crippen LogP contribution in [0.4, 0.5) is 5.82 Å². The maximum atomic E-state index is 11.5. The van der Waals surface area contributed by atoms with Crippen LogP contribution >= 0.6 is 19.2 Å². The summed E-state index contributed by atoms with van der Waals surface area (Å²) in [6.07, 6.45) is 2.17. The molecular weight excluding hydrogens is 453 g/mol. The summed E-state index contributed by atoms with van der Waals surface area (Å²) in [5.41, 5.74) is 0.773. The summed E-state index contributed by atoms with van der Waals surface area (Å²) in [6, 6.07) is 0.274. The van der Waals surface area contributed by atoms with Crippen molar-refractivity contribution in [2.24, 2.45) is 0 Å². The van der Waals surface area contributed by atoms with Crippen LogP contribution in [0.15, 0.2) is 18.3 Å². The smallest absolute Gasteiger partial charge is 0.364 e. The van der Waals surface area contributed by atoms with E-state index in [-0.39, 0.29) is 17.1 Å². The summed E-state index contributed by atoms with van der Waals surface area (Å²) in [6.45, 7) is 0. The van der Waals surface area contributed by atoms with Crippen LogP contribution in [-0.2, 0) is 18.6 Å². The van der Waals surface area contributed by atoms with Gasteiger partial charge in [-0.3, -0.25) is 9.13 Å². The molecule has 1 saturated carbocycles. The quantitative estimate of drug-likeness (QED) is 0.262. The van der Waals surface area contributed by atoms with E-state index in [0.29, 0.717) is 17.0 Å². The molecule has 170 valence electrons. The molecule has 0 amide bonds. The van der Waals surface area contributed by atoms with Gasteiger partial charge in [0.25, 0.3) is 0 Å². The van der Waals surface area contributed by atoms with E-state index in [4.69, 9.17) is 21.1 Å². The minimum atomic E-state index is -3.91. The molecular formula is C17H23ClN5O7P. The summed E-state index contributed by atoms with van der Waals surface area (Å²) >= 11 is 6.11. The number of imidazole rings is 1. The van der Waals surface area contributed by atoms with Gasteiger partial charge < -0.3 is 34.4 Å². The van der Waals surface area contributed by atoms with E-state index in [1.54, 1.807) is 0 Å². The molecule has 2 aromatic rings. The highest BCUT2D eigenvalue weighted by Crippen LogP contribution is 2.41. The molecule has 4 atom stereocenters. The molecule has 2 aliphatic rings. The zero-order valence-electron chi connectivity index (χ0n) is 16.6. The number of halogens is 1. The maximum absolute atomic E-state index is 11.5. The number of nitrogens with one attached hydrogen (secondary N) is 1. The Hall–Kier alpha value is -1.95. The van der Waals surface area contributed by atoms with Gasteiger partial charge in [-0.25, -0.2) is 4.98 Å². The summed E-state index contributed by atoms with van der Waals surface area (Å²) in [5.74, 6) is 0.367. The number of rotatable bonds is 7. The van der Waals surface area contributed by atoms with Gasteiger partial charge in [0, 0.05) is 13.2 Å². The van der Waals surface area contributed by atoms with Crippen molar-refractivity contribution in [1.29, 1.82) is 0 Å². The van der Waals surface area contributed by atoms with Gasteiger partial charge in [-0.05, 0) is 24.4 Å². The van der Waals surface area contributed by atoms with Gasteiger partial charge >= 0.3 is 7.60 Å². The number of aromatic nitrogens is 4. The van der Waals surface area contributed by atoms with E-state index in [9.17, 15) is 19.7 Å². The average Bonchev–Trinajstić information content (AvgIpc) is 3.44. The highest BCUT2D eigenvalue weighted by Gasteiger charge is 2.42. The third-order valence-corrected chi connectivity index (χ3v) is 6.47. The first-order valence-corrected chi connectivity index (χ1v) is 11.8. The first kappa shape index (κ1) is 22.3. The van der Waals surface area contributed by atoms with Gasteiger partial charge in [-0.15, -0.1) is 0 Å². The topological polar surface area (TPSA) is 161 Å². The van der Waals surface area contributed by atoms with E-state index < -0.39 is 32.4 Å². The van der Waals surface area contributed by atoms with Crippen LogP contribution in [0.25, 0.3) is 11.2 Å². The van der Waals surface area contributed by atoms with Gasteiger partial charge in [0.2, 0.25) is 11.5 Å². The average molecular weight is 476 g/mol. The van der Waals surface area contributed by atoms with Crippen LogP contribution in [0, 0.1) is 0 Å². The Morgan fingerprint density at radius 2 is 2.13 bits per heavy atom. The second-order valence-electron chi connectivity index (χ2n) is 7.37. The maximum Gasteiger partial charge on any atom is 0.364 e. The molecule has 1 saturated heterocycles. The number of aliphatic hydroxyl groups excluding tert-OH is 2. The lowest BCUT2D eigenvalue weighted by molar-refractivity contribution is -0.0122. The van der Waals surface area contributed by atoms with Gasteiger partial charge in [0.1, 0.15) is 24.8 Å². The summed E-state index contributed by atoms with van der Waals surface area (Å²) in [7, 11) is -2.83. The zero-order valence-corrected chi connectivity index (χ0v) is 18.2. The second-order valence-corrected chi connectivity index (χ2v) is 9.61. The zero-order chi connectivity index (χ0) is 22.2. The minimum absolute atomic E-state index is 0.000134. The lowest BCUT2D eigenvalue weighted by Crippen LogP contribution is -2.27. The largest absolute Gasteiger partial charge is 0.485 e. The van der Waals surface area contributed by atoms with Gasteiger partial charge in [-0.2, -0.15) is 9.97 Å². The summed E-state index contributed by atoms with van der Waals surface area (Å²) in [4.78, 5) is 22.2. The Labute approximate surface area is 182 Å². The fraction of sp³-hybridized carbons (Fsp3) is 0.588. The number of hydrogen-bond acceptors (Lipinski definition) is 10. The number of hydrogen-bond donors (Lipinski definition) is 4. The fourth-order valence-corrected chi connectivity index (χ4v) is 4.16. The lowest BCUT2D eigenvalue weighted by Gasteiger charge is -2.17.